The molecule has 19 heavy (non-hydrogen) atoms. The molecule has 0 unspecified atom stereocenters. The van der Waals surface area contributed by atoms with E-state index < -0.39 is 0 Å². The molecule has 0 bridgehead atoms. The maximum Gasteiger partial charge on any atom is 2.00 e. The molecular formula is C15H15Cl2SiTi. The summed E-state index contributed by atoms with van der Waals surface area (Å²) in [7, 11) is -0.353. The molecule has 2 aromatic carbocycles. The van der Waals surface area contributed by atoms with E-state index in [4.69, 9.17) is 0 Å². The second kappa shape index (κ2) is 7.66. The molecule has 0 saturated carbocycles. The van der Waals surface area contributed by atoms with Gasteiger partial charge >= 0.3 is 21.7 Å². The number of hydrogen-bond acceptors (Lipinski definition) is 0. The summed E-state index contributed by atoms with van der Waals surface area (Å²) in [5, 5.41) is 1.61. The van der Waals surface area contributed by atoms with Crippen LogP contribution in [0.25, 0.3) is 11.1 Å². The third kappa shape index (κ3) is 3.35. The van der Waals surface area contributed by atoms with Gasteiger partial charge in [0, 0.05) is 0 Å². The third-order valence-corrected chi connectivity index (χ3v) is 4.94. The molecular weight excluding hydrogens is 327 g/mol. The predicted octanol–water partition coefficient (Wildman–Crippen LogP) is -2.78. The zero-order valence-electron chi connectivity index (χ0n) is 11.0. The van der Waals surface area contributed by atoms with E-state index in [1.807, 2.05) is 0 Å². The molecule has 0 heterocycles. The van der Waals surface area contributed by atoms with Gasteiger partial charge in [0.1, 0.15) is 0 Å². The van der Waals surface area contributed by atoms with Crippen LogP contribution in [-0.2, 0) is 28.1 Å². The van der Waals surface area contributed by atoms with Gasteiger partial charge in [-0.05, 0) is 28.7 Å². The van der Waals surface area contributed by atoms with Crippen LogP contribution in [0.4, 0.5) is 0 Å². The Kier molecular flexibility index (Phi) is 7.64. The van der Waals surface area contributed by atoms with Crippen molar-refractivity contribution in [1.82, 2.24) is 0 Å². The van der Waals surface area contributed by atoms with E-state index >= 15 is 0 Å². The quantitative estimate of drug-likeness (QED) is 0.420. The van der Waals surface area contributed by atoms with Crippen molar-refractivity contribution in [2.24, 2.45) is 0 Å². The summed E-state index contributed by atoms with van der Waals surface area (Å²) in [6.07, 6.45) is 1.14. The summed E-state index contributed by atoms with van der Waals surface area (Å²) >= 11 is 0. The summed E-state index contributed by atoms with van der Waals surface area (Å²) < 4.78 is 0. The van der Waals surface area contributed by atoms with Gasteiger partial charge in [-0.25, -0.2) is 0 Å². The fourth-order valence-corrected chi connectivity index (χ4v) is 3.88. The molecule has 0 spiro atoms. The molecule has 1 radical (unpaired) electrons. The van der Waals surface area contributed by atoms with E-state index in [2.05, 4.69) is 55.6 Å². The monoisotopic (exact) mass is 341 g/mol. The summed E-state index contributed by atoms with van der Waals surface area (Å²) in [5.74, 6) is 0. The molecule has 0 atom stereocenters. The molecule has 0 amide bonds. The minimum Gasteiger partial charge on any atom is -1.00 e. The van der Waals surface area contributed by atoms with E-state index in [0.717, 1.165) is 6.42 Å². The van der Waals surface area contributed by atoms with Crippen LogP contribution in [0.5, 0.6) is 0 Å². The molecule has 0 aromatic heterocycles. The Hall–Kier alpha value is -0.0488. The number of benzene rings is 2. The van der Waals surface area contributed by atoms with Crippen molar-refractivity contribution in [2.45, 2.75) is 19.5 Å². The smallest absolute Gasteiger partial charge is 1.00 e. The van der Waals surface area contributed by atoms with Crippen molar-refractivity contribution in [3.8, 4) is 11.1 Å². The number of hydrogen-bond donors (Lipinski definition) is 0. The van der Waals surface area contributed by atoms with Gasteiger partial charge in [0.15, 0.2) is 0 Å². The second-order valence-electron chi connectivity index (χ2n) is 4.67. The fourth-order valence-electron chi connectivity index (χ4n) is 2.63. The Labute approximate surface area is 144 Å². The SMILES string of the molecule is C[Si](C)c1cccc2c1Cc1ccccc1-2.[Cl-].[Cl-].[Ti+2]. The molecule has 0 nitrogen and oxygen atoms in total. The van der Waals surface area contributed by atoms with Gasteiger partial charge in [-0.1, -0.05) is 60.7 Å². The third-order valence-electron chi connectivity index (χ3n) is 3.39. The minimum absolute atomic E-state index is 0. The normalized spacial score (nSPS) is 10.7. The van der Waals surface area contributed by atoms with Crippen LogP contribution in [0.3, 0.4) is 0 Å². The van der Waals surface area contributed by atoms with Crippen molar-refractivity contribution in [3.63, 3.8) is 0 Å². The number of halogens is 2. The molecule has 97 valence electrons. The van der Waals surface area contributed by atoms with Crippen LogP contribution in [-0.4, -0.2) is 8.80 Å². The van der Waals surface area contributed by atoms with E-state index in [1.165, 1.54) is 16.7 Å². The first-order chi connectivity index (χ1) is 7.77. The fraction of sp³-hybridized carbons (Fsp3) is 0.200. The van der Waals surface area contributed by atoms with Gasteiger partial charge < -0.3 is 24.8 Å². The first-order valence-electron chi connectivity index (χ1n) is 5.78. The second-order valence-corrected chi connectivity index (χ2v) is 7.20. The Morgan fingerprint density at radius 3 is 2.16 bits per heavy atom. The Morgan fingerprint density at radius 2 is 1.47 bits per heavy atom. The van der Waals surface area contributed by atoms with Gasteiger partial charge in [0.2, 0.25) is 0 Å². The zero-order valence-corrected chi connectivity index (χ0v) is 15.1. The first kappa shape index (κ1) is 19.0. The van der Waals surface area contributed by atoms with Crippen molar-refractivity contribution in [2.75, 3.05) is 0 Å². The number of fused-ring (bicyclic) bond motifs is 3. The van der Waals surface area contributed by atoms with Gasteiger partial charge in [0.25, 0.3) is 0 Å². The van der Waals surface area contributed by atoms with Crippen molar-refractivity contribution >= 4 is 14.0 Å². The van der Waals surface area contributed by atoms with Crippen LogP contribution in [0.1, 0.15) is 11.1 Å². The summed E-state index contributed by atoms with van der Waals surface area (Å²) in [6.45, 7) is 4.76. The maximum absolute atomic E-state index is 2.38. The van der Waals surface area contributed by atoms with Crippen LogP contribution < -0.4 is 30.0 Å². The van der Waals surface area contributed by atoms with Crippen LogP contribution in [0, 0.1) is 0 Å². The topological polar surface area (TPSA) is 0 Å². The van der Waals surface area contributed by atoms with Gasteiger partial charge in [-0.3, -0.25) is 0 Å². The summed E-state index contributed by atoms with van der Waals surface area (Å²) in [4.78, 5) is 0. The van der Waals surface area contributed by atoms with Gasteiger partial charge in [-0.2, -0.15) is 0 Å². The summed E-state index contributed by atoms with van der Waals surface area (Å²) in [5.41, 5.74) is 6.00. The molecule has 0 N–H and O–H groups in total. The van der Waals surface area contributed by atoms with Gasteiger partial charge in [-0.15, -0.1) is 0 Å². The van der Waals surface area contributed by atoms with Crippen LogP contribution in [0.15, 0.2) is 42.5 Å². The number of rotatable bonds is 1. The van der Waals surface area contributed by atoms with Crippen molar-refractivity contribution in [3.05, 3.63) is 53.6 Å². The standard InChI is InChI=1S/C15H15Si.2ClH.Ti/c1-16(2)15-9-5-8-13-12-7-4-3-6-11(12)10-14(13)15;;;/h3-9H,10H2,1-2H3;2*1H;/q;;;+2/p-2. The predicted molar refractivity (Wildman–Crippen MR) is 71.8 cm³/mol. The van der Waals surface area contributed by atoms with Crippen molar-refractivity contribution in [1.29, 1.82) is 0 Å². The van der Waals surface area contributed by atoms with Crippen LogP contribution in [0.2, 0.25) is 13.1 Å². The van der Waals surface area contributed by atoms with Gasteiger partial charge in [0.05, 0.1) is 8.80 Å². The van der Waals surface area contributed by atoms with E-state index in [1.54, 1.807) is 10.8 Å². The van der Waals surface area contributed by atoms with E-state index in [9.17, 15) is 0 Å². The summed E-state index contributed by atoms with van der Waals surface area (Å²) in [6, 6.07) is 15.6. The van der Waals surface area contributed by atoms with E-state index in [-0.39, 0.29) is 55.3 Å². The molecule has 4 heteroatoms. The first-order valence-corrected chi connectivity index (χ1v) is 8.28. The Morgan fingerprint density at radius 1 is 0.842 bits per heavy atom. The zero-order chi connectivity index (χ0) is 11.1. The van der Waals surface area contributed by atoms with E-state index in [0.29, 0.717) is 0 Å². The average molecular weight is 342 g/mol. The Bertz CT molecular complexity index is 556. The molecule has 0 aliphatic heterocycles. The minimum atomic E-state index is -0.353. The largest absolute Gasteiger partial charge is 2.00 e. The molecule has 3 rings (SSSR count). The van der Waals surface area contributed by atoms with Crippen molar-refractivity contribution < 1.29 is 46.5 Å². The maximum atomic E-state index is 2.38. The van der Waals surface area contributed by atoms with Crippen LogP contribution >= 0.6 is 0 Å². The molecule has 0 fully saturated rings. The molecule has 0 saturated heterocycles. The molecule has 1 aliphatic carbocycles. The molecule has 1 aliphatic rings. The Balaban J connectivity index is 0.00000108. The average Bonchev–Trinajstić information content (AvgIpc) is 2.67. The molecule has 2 aromatic rings.